The minimum atomic E-state index is -0.487. The van der Waals surface area contributed by atoms with Crippen molar-refractivity contribution in [2.45, 2.75) is 19.8 Å². The average Bonchev–Trinajstić information content (AvgIpc) is 3.31. The monoisotopic (exact) mass is 471 g/mol. The molecule has 0 bridgehead atoms. The van der Waals surface area contributed by atoms with E-state index in [2.05, 4.69) is 16.2 Å². The van der Waals surface area contributed by atoms with Gasteiger partial charge in [-0.3, -0.25) is 25.2 Å². The van der Waals surface area contributed by atoms with Gasteiger partial charge in [0.05, 0.1) is 11.5 Å². The average molecular weight is 472 g/mol. The quantitative estimate of drug-likeness (QED) is 0.331. The van der Waals surface area contributed by atoms with Gasteiger partial charge in [-0.2, -0.15) is 0 Å². The summed E-state index contributed by atoms with van der Waals surface area (Å²) in [6, 6.07) is 15.3. The maximum Gasteiger partial charge on any atom is 0.269 e. The van der Waals surface area contributed by atoms with Gasteiger partial charge in [0.2, 0.25) is 5.91 Å². The number of carbonyl (C=O) groups is 3. The highest BCUT2D eigenvalue weighted by Gasteiger charge is 2.11. The van der Waals surface area contributed by atoms with E-state index in [-0.39, 0.29) is 18.2 Å². The van der Waals surface area contributed by atoms with Gasteiger partial charge in [-0.05, 0) is 66.8 Å². The molecule has 7 nitrogen and oxygen atoms in total. The van der Waals surface area contributed by atoms with Gasteiger partial charge in [0, 0.05) is 22.7 Å². The molecule has 3 amide bonds. The van der Waals surface area contributed by atoms with Crippen LogP contribution < -0.4 is 20.9 Å². The van der Waals surface area contributed by atoms with Crippen LogP contribution in [0.3, 0.4) is 0 Å². The van der Waals surface area contributed by atoms with Crippen LogP contribution in [-0.4, -0.2) is 24.3 Å². The van der Waals surface area contributed by atoms with Crippen molar-refractivity contribution in [2.24, 2.45) is 0 Å². The van der Waals surface area contributed by atoms with E-state index in [1.165, 1.54) is 17.4 Å². The molecule has 1 aromatic heterocycles. The maximum absolute atomic E-state index is 12.3. The molecule has 3 aromatic rings. The van der Waals surface area contributed by atoms with Crippen molar-refractivity contribution in [3.05, 3.63) is 81.0 Å². The molecule has 0 aliphatic heterocycles. The number of amides is 3. The molecule has 1 heterocycles. The molecule has 3 rings (SSSR count). The van der Waals surface area contributed by atoms with Crippen LogP contribution in [0.2, 0.25) is 5.02 Å². The first-order valence-electron chi connectivity index (χ1n) is 9.85. The Morgan fingerprint density at radius 1 is 1.00 bits per heavy atom. The van der Waals surface area contributed by atoms with Gasteiger partial charge in [-0.25, -0.2) is 0 Å². The fourth-order valence-electron chi connectivity index (χ4n) is 2.79. The molecule has 0 aliphatic rings. The lowest BCUT2D eigenvalue weighted by Gasteiger charge is -2.10. The molecular weight excluding hydrogens is 450 g/mol. The summed E-state index contributed by atoms with van der Waals surface area (Å²) in [5.41, 5.74) is 6.46. The summed E-state index contributed by atoms with van der Waals surface area (Å²) in [6.07, 6.45) is 0.665. The number of ether oxygens (including phenoxy) is 1. The molecule has 0 unspecified atom stereocenters. The van der Waals surface area contributed by atoms with Gasteiger partial charge >= 0.3 is 0 Å². The minimum Gasteiger partial charge on any atom is -0.493 e. The first kappa shape index (κ1) is 23.3. The van der Waals surface area contributed by atoms with Gasteiger partial charge in [-0.15, -0.1) is 11.3 Å². The van der Waals surface area contributed by atoms with Gasteiger partial charge < -0.3 is 10.1 Å². The first-order valence-corrected chi connectivity index (χ1v) is 11.1. The Morgan fingerprint density at radius 2 is 1.84 bits per heavy atom. The number of benzene rings is 2. The van der Waals surface area contributed by atoms with E-state index in [9.17, 15) is 14.4 Å². The Balaban J connectivity index is 1.41. The summed E-state index contributed by atoms with van der Waals surface area (Å²) in [6.45, 7) is 2.25. The summed E-state index contributed by atoms with van der Waals surface area (Å²) in [4.78, 5) is 37.0. The summed E-state index contributed by atoms with van der Waals surface area (Å²) < 4.78 is 5.65. The molecule has 2 aromatic carbocycles. The number of nitrogens with one attached hydrogen (secondary N) is 3. The number of hydrogen-bond donors (Lipinski definition) is 3. The fraction of sp³-hybridized carbons (Fsp3) is 0.174. The van der Waals surface area contributed by atoms with Crippen molar-refractivity contribution in [3.63, 3.8) is 0 Å². The smallest absolute Gasteiger partial charge is 0.269 e. The van der Waals surface area contributed by atoms with Gasteiger partial charge in [0.25, 0.3) is 11.8 Å². The van der Waals surface area contributed by atoms with Crippen LogP contribution in [0.5, 0.6) is 5.75 Å². The third-order valence-corrected chi connectivity index (χ3v) is 5.49. The number of hydrazine groups is 1. The number of anilines is 1. The number of thiophene rings is 1. The molecular formula is C23H22ClN3O4S. The molecule has 3 N–H and O–H groups in total. The molecule has 166 valence electrons. The van der Waals surface area contributed by atoms with Gasteiger partial charge in [-0.1, -0.05) is 23.7 Å². The third-order valence-electron chi connectivity index (χ3n) is 4.39. The Hall–Kier alpha value is -3.36. The van der Waals surface area contributed by atoms with Crippen LogP contribution in [0.25, 0.3) is 0 Å². The molecule has 9 heteroatoms. The van der Waals surface area contributed by atoms with Gasteiger partial charge in [0.15, 0.2) is 0 Å². The molecule has 0 aliphatic carbocycles. The second-order valence-corrected chi connectivity index (χ2v) is 8.26. The number of rotatable bonds is 8. The topological polar surface area (TPSA) is 96.5 Å². The zero-order valence-electron chi connectivity index (χ0n) is 17.3. The maximum atomic E-state index is 12.3. The van der Waals surface area contributed by atoms with Crippen LogP contribution >= 0.6 is 22.9 Å². The van der Waals surface area contributed by atoms with Crippen molar-refractivity contribution in [1.82, 2.24) is 10.9 Å². The van der Waals surface area contributed by atoms with Crippen LogP contribution in [0.15, 0.2) is 60.0 Å². The molecule has 0 saturated heterocycles. The van der Waals surface area contributed by atoms with Crippen molar-refractivity contribution < 1.29 is 19.1 Å². The van der Waals surface area contributed by atoms with Crippen molar-refractivity contribution in [2.75, 3.05) is 11.9 Å². The molecule has 32 heavy (non-hydrogen) atoms. The molecule has 0 atom stereocenters. The van der Waals surface area contributed by atoms with Crippen molar-refractivity contribution >= 4 is 46.3 Å². The predicted octanol–water partition coefficient (Wildman–Crippen LogP) is 4.58. The van der Waals surface area contributed by atoms with Gasteiger partial charge in [0.1, 0.15) is 5.75 Å². The molecule has 0 fully saturated rings. The van der Waals surface area contributed by atoms with Crippen LogP contribution in [0.4, 0.5) is 5.69 Å². The minimum absolute atomic E-state index is 0.184. The number of carbonyl (C=O) groups excluding carboxylic acids is 3. The van der Waals surface area contributed by atoms with Crippen molar-refractivity contribution in [1.29, 1.82) is 0 Å². The number of hydrogen-bond acceptors (Lipinski definition) is 5. The highest BCUT2D eigenvalue weighted by molar-refractivity contribution is 7.12. The van der Waals surface area contributed by atoms with E-state index in [0.29, 0.717) is 39.9 Å². The zero-order chi connectivity index (χ0) is 22.9. The largest absolute Gasteiger partial charge is 0.493 e. The summed E-state index contributed by atoms with van der Waals surface area (Å²) in [7, 11) is 0. The fourth-order valence-corrected chi connectivity index (χ4v) is 3.64. The summed E-state index contributed by atoms with van der Waals surface area (Å²) in [5.74, 6) is -0.355. The van der Waals surface area contributed by atoms with E-state index in [4.69, 9.17) is 16.3 Å². The SMILES string of the molecule is Cc1cc(Cl)ccc1OCCCC(=O)NNC(=O)c1cccc(NC(=O)c2cccs2)c1. The molecule has 0 spiro atoms. The second-order valence-electron chi connectivity index (χ2n) is 6.88. The summed E-state index contributed by atoms with van der Waals surface area (Å²) in [5, 5.41) is 5.19. The standard InChI is InChI=1S/C23H22ClN3O4S/c1-15-13-17(24)9-10-19(15)31-11-3-8-21(28)26-27-22(29)16-5-2-6-18(14-16)25-23(30)20-7-4-12-32-20/h2,4-7,9-10,12-14H,3,8,11H2,1H3,(H,25,30)(H,26,28)(H,27,29). The Morgan fingerprint density at radius 3 is 2.59 bits per heavy atom. The second kappa shape index (κ2) is 11.3. The van der Waals surface area contributed by atoms with Crippen LogP contribution in [-0.2, 0) is 4.79 Å². The molecule has 0 saturated carbocycles. The summed E-state index contributed by atoms with van der Waals surface area (Å²) >= 11 is 7.24. The number of halogens is 1. The Kier molecular flexibility index (Phi) is 8.24. The van der Waals surface area contributed by atoms with Crippen LogP contribution in [0.1, 0.15) is 38.4 Å². The highest BCUT2D eigenvalue weighted by Crippen LogP contribution is 2.22. The first-order chi connectivity index (χ1) is 15.4. The van der Waals surface area contributed by atoms with E-state index in [1.54, 1.807) is 42.5 Å². The Bertz CT molecular complexity index is 1100. The number of aryl methyl sites for hydroxylation is 1. The third kappa shape index (κ3) is 6.83. The van der Waals surface area contributed by atoms with E-state index in [1.807, 2.05) is 18.4 Å². The van der Waals surface area contributed by atoms with E-state index in [0.717, 1.165) is 5.56 Å². The lowest BCUT2D eigenvalue weighted by Crippen LogP contribution is -2.41. The van der Waals surface area contributed by atoms with Crippen molar-refractivity contribution in [3.8, 4) is 5.75 Å². The van der Waals surface area contributed by atoms with E-state index >= 15 is 0 Å². The normalized spacial score (nSPS) is 10.3. The highest BCUT2D eigenvalue weighted by atomic mass is 35.5. The predicted molar refractivity (Wildman–Crippen MR) is 125 cm³/mol. The zero-order valence-corrected chi connectivity index (χ0v) is 18.9. The molecule has 0 radical (unpaired) electrons. The lowest BCUT2D eigenvalue weighted by molar-refractivity contribution is -0.122. The van der Waals surface area contributed by atoms with E-state index < -0.39 is 5.91 Å². The Labute approximate surface area is 194 Å². The van der Waals surface area contributed by atoms with Crippen LogP contribution in [0, 0.1) is 6.92 Å². The lowest BCUT2D eigenvalue weighted by atomic mass is 10.2.